The summed E-state index contributed by atoms with van der Waals surface area (Å²) in [6.45, 7) is 0. The summed E-state index contributed by atoms with van der Waals surface area (Å²) >= 11 is 0. The monoisotopic (exact) mass is 225 g/mol. The molecule has 0 saturated heterocycles. The number of benzene rings is 1. The number of methoxy groups -OCH3 is 2. The van der Waals surface area contributed by atoms with Crippen LogP contribution >= 0.6 is 0 Å². The van der Waals surface area contributed by atoms with Gasteiger partial charge in [0.25, 0.3) is 0 Å². The van der Waals surface area contributed by atoms with Gasteiger partial charge in [-0.2, -0.15) is 0 Å². The molecule has 0 aromatic heterocycles. The van der Waals surface area contributed by atoms with Crippen LogP contribution in [0.4, 0.5) is 15.3 Å². The van der Waals surface area contributed by atoms with Gasteiger partial charge in [-0.25, -0.2) is 9.59 Å². The molecule has 6 heteroatoms. The lowest BCUT2D eigenvalue weighted by Gasteiger charge is -2.18. The smallest absolute Gasteiger partial charge is 0.450 e. The first-order valence-corrected chi connectivity index (χ1v) is 4.38. The lowest BCUT2D eigenvalue weighted by molar-refractivity contribution is 0.0572. The molecular formula is C10H11NO5. The number of amides is 1. The molecule has 0 spiro atoms. The molecule has 0 saturated carbocycles. The predicted octanol–water partition coefficient (Wildman–Crippen LogP) is 1.96. The molecule has 1 amide bonds. The number of rotatable bonds is 1. The van der Waals surface area contributed by atoms with Crippen molar-refractivity contribution in [2.24, 2.45) is 0 Å². The molecule has 86 valence electrons. The summed E-state index contributed by atoms with van der Waals surface area (Å²) in [5.74, 6) is 0. The summed E-state index contributed by atoms with van der Waals surface area (Å²) in [6, 6.07) is 8.30. The largest absolute Gasteiger partial charge is 0.533 e. The Morgan fingerprint density at radius 1 is 1.06 bits per heavy atom. The van der Waals surface area contributed by atoms with Gasteiger partial charge < -0.3 is 9.47 Å². The number of carbonyl (C=O) groups is 2. The van der Waals surface area contributed by atoms with Gasteiger partial charge in [0.15, 0.2) is 0 Å². The van der Waals surface area contributed by atoms with Gasteiger partial charge in [-0.1, -0.05) is 18.2 Å². The summed E-state index contributed by atoms with van der Waals surface area (Å²) < 4.78 is 8.75. The van der Waals surface area contributed by atoms with E-state index in [4.69, 9.17) is 0 Å². The van der Waals surface area contributed by atoms with Crippen LogP contribution in [0.2, 0.25) is 0 Å². The van der Waals surface area contributed by atoms with E-state index < -0.39 is 12.2 Å². The number of hydroxylamine groups is 1. The van der Waals surface area contributed by atoms with Crippen LogP contribution < -0.4 is 5.06 Å². The second-order valence-electron chi connectivity index (χ2n) is 2.65. The fourth-order valence-corrected chi connectivity index (χ4v) is 0.953. The van der Waals surface area contributed by atoms with E-state index in [-0.39, 0.29) is 0 Å². The topological polar surface area (TPSA) is 65.1 Å². The molecule has 6 nitrogen and oxygen atoms in total. The van der Waals surface area contributed by atoms with E-state index in [2.05, 4.69) is 14.3 Å². The Hall–Kier alpha value is -2.24. The number of para-hydroxylation sites is 1. The zero-order valence-electron chi connectivity index (χ0n) is 8.88. The van der Waals surface area contributed by atoms with Crippen LogP contribution in [0.1, 0.15) is 0 Å². The molecule has 0 bridgehead atoms. The molecule has 0 atom stereocenters. The highest BCUT2D eigenvalue weighted by molar-refractivity contribution is 5.87. The lowest BCUT2D eigenvalue weighted by atomic mass is 10.3. The Labute approximate surface area is 92.3 Å². The van der Waals surface area contributed by atoms with Crippen LogP contribution in [0, 0.1) is 0 Å². The van der Waals surface area contributed by atoms with Gasteiger partial charge in [0.2, 0.25) is 0 Å². The maximum atomic E-state index is 11.3. The highest BCUT2D eigenvalue weighted by atomic mass is 16.8. The maximum absolute atomic E-state index is 11.3. The molecule has 0 unspecified atom stereocenters. The van der Waals surface area contributed by atoms with E-state index in [1.54, 1.807) is 30.3 Å². The van der Waals surface area contributed by atoms with Gasteiger partial charge in [0.05, 0.1) is 19.9 Å². The zero-order chi connectivity index (χ0) is 12.0. The molecule has 0 radical (unpaired) electrons. The number of hydrogen-bond acceptors (Lipinski definition) is 5. The third kappa shape index (κ3) is 2.88. The summed E-state index contributed by atoms with van der Waals surface area (Å²) in [5.41, 5.74) is 0.361. The number of ether oxygens (including phenoxy) is 2. The molecular weight excluding hydrogens is 214 g/mol. The van der Waals surface area contributed by atoms with Crippen LogP contribution in [-0.2, 0) is 14.3 Å². The molecule has 0 heterocycles. The number of anilines is 1. The van der Waals surface area contributed by atoms with Crippen LogP contribution in [0.15, 0.2) is 30.3 Å². The SMILES string of the molecule is COC(=O)ON(C(=O)OC)c1ccccc1. The van der Waals surface area contributed by atoms with Gasteiger partial charge in [0.1, 0.15) is 0 Å². The van der Waals surface area contributed by atoms with E-state index in [1.807, 2.05) is 0 Å². The standard InChI is InChI=1S/C10H11NO5/c1-14-9(12)11(16-10(13)15-2)8-6-4-3-5-7-8/h3-7H,1-2H3. The molecule has 0 aliphatic heterocycles. The quantitative estimate of drug-likeness (QED) is 0.540. The van der Waals surface area contributed by atoms with E-state index in [9.17, 15) is 9.59 Å². The minimum atomic E-state index is -1.01. The van der Waals surface area contributed by atoms with E-state index >= 15 is 0 Å². The van der Waals surface area contributed by atoms with E-state index in [1.165, 1.54) is 7.11 Å². The molecule has 0 aliphatic rings. The third-order valence-corrected chi connectivity index (χ3v) is 1.66. The first-order valence-electron chi connectivity index (χ1n) is 4.38. The van der Waals surface area contributed by atoms with Crippen molar-refractivity contribution >= 4 is 17.9 Å². The Bertz CT molecular complexity index is 365. The second-order valence-corrected chi connectivity index (χ2v) is 2.65. The molecule has 0 fully saturated rings. The minimum Gasteiger partial charge on any atom is -0.450 e. The van der Waals surface area contributed by atoms with Crippen molar-refractivity contribution in [3.63, 3.8) is 0 Å². The highest BCUT2D eigenvalue weighted by Crippen LogP contribution is 2.15. The molecule has 1 aromatic carbocycles. The van der Waals surface area contributed by atoms with Crippen molar-refractivity contribution in [1.82, 2.24) is 0 Å². The van der Waals surface area contributed by atoms with Crippen LogP contribution in [0.5, 0.6) is 0 Å². The van der Waals surface area contributed by atoms with Crippen LogP contribution in [0.25, 0.3) is 0 Å². The van der Waals surface area contributed by atoms with Gasteiger partial charge in [0, 0.05) is 0 Å². The maximum Gasteiger partial charge on any atom is 0.533 e. The summed E-state index contributed by atoms with van der Waals surface area (Å²) in [6.07, 6.45) is -1.83. The van der Waals surface area contributed by atoms with E-state index in [0.29, 0.717) is 10.8 Å². The van der Waals surface area contributed by atoms with Gasteiger partial charge in [-0.15, -0.1) is 5.06 Å². The Morgan fingerprint density at radius 2 is 1.69 bits per heavy atom. The van der Waals surface area contributed by atoms with Crippen LogP contribution in [-0.4, -0.2) is 26.5 Å². The molecule has 1 aromatic rings. The van der Waals surface area contributed by atoms with Crippen molar-refractivity contribution in [1.29, 1.82) is 0 Å². The minimum absolute atomic E-state index is 0.361. The van der Waals surface area contributed by atoms with Crippen molar-refractivity contribution in [3.05, 3.63) is 30.3 Å². The molecule has 0 N–H and O–H groups in total. The summed E-state index contributed by atoms with van der Waals surface area (Å²) in [4.78, 5) is 26.9. The van der Waals surface area contributed by atoms with Crippen molar-refractivity contribution in [2.45, 2.75) is 0 Å². The highest BCUT2D eigenvalue weighted by Gasteiger charge is 2.21. The number of carbonyl (C=O) groups excluding carboxylic acids is 2. The van der Waals surface area contributed by atoms with Crippen LogP contribution in [0.3, 0.4) is 0 Å². The van der Waals surface area contributed by atoms with Gasteiger partial charge in [-0.3, -0.25) is 4.84 Å². The van der Waals surface area contributed by atoms with Gasteiger partial charge >= 0.3 is 12.2 Å². The fourth-order valence-electron chi connectivity index (χ4n) is 0.953. The number of hydrogen-bond donors (Lipinski definition) is 0. The predicted molar refractivity (Wildman–Crippen MR) is 54.8 cm³/mol. The third-order valence-electron chi connectivity index (χ3n) is 1.66. The second kappa shape index (κ2) is 5.59. The van der Waals surface area contributed by atoms with E-state index in [0.717, 1.165) is 7.11 Å². The molecule has 0 aliphatic carbocycles. The average Bonchev–Trinajstić information content (AvgIpc) is 2.35. The Balaban J connectivity index is 2.88. The molecule has 16 heavy (non-hydrogen) atoms. The normalized spacial score (nSPS) is 9.12. The Kier molecular flexibility index (Phi) is 4.14. The van der Waals surface area contributed by atoms with Crippen molar-refractivity contribution in [3.8, 4) is 0 Å². The zero-order valence-corrected chi connectivity index (χ0v) is 8.88. The van der Waals surface area contributed by atoms with Gasteiger partial charge in [-0.05, 0) is 12.1 Å². The van der Waals surface area contributed by atoms with Crippen molar-refractivity contribution in [2.75, 3.05) is 19.3 Å². The fraction of sp³-hybridized carbons (Fsp3) is 0.200. The molecule has 1 rings (SSSR count). The lowest BCUT2D eigenvalue weighted by Crippen LogP contribution is -2.33. The first-order chi connectivity index (χ1) is 7.69. The summed E-state index contributed by atoms with van der Waals surface area (Å²) in [5, 5.41) is 0.700. The first kappa shape index (κ1) is 11.8. The number of nitrogens with zero attached hydrogens (tertiary/aromatic N) is 1. The summed E-state index contributed by atoms with van der Waals surface area (Å²) in [7, 11) is 2.32. The van der Waals surface area contributed by atoms with Crippen molar-refractivity contribution < 1.29 is 23.9 Å². The Morgan fingerprint density at radius 3 is 2.19 bits per heavy atom. The average molecular weight is 225 g/mol.